The molecule has 0 N–H and O–H groups in total. The van der Waals surface area contributed by atoms with Crippen LogP contribution in [0, 0.1) is 0 Å². The molecule has 0 saturated heterocycles. The maximum absolute atomic E-state index is 10.4. The molecule has 0 aliphatic carbocycles. The molecule has 0 atom stereocenters. The van der Waals surface area contributed by atoms with E-state index in [2.05, 4.69) is 6.92 Å². The summed E-state index contributed by atoms with van der Waals surface area (Å²) in [7, 11) is 0. The van der Waals surface area contributed by atoms with Gasteiger partial charge in [0.15, 0.2) is 5.78 Å². The van der Waals surface area contributed by atoms with Crippen molar-refractivity contribution < 1.29 is 4.79 Å². The largest absolute Gasteiger partial charge is 0.295 e. The Morgan fingerprint density at radius 2 is 2.10 bits per heavy atom. The van der Waals surface area contributed by atoms with E-state index in [1.165, 1.54) is 19.3 Å². The highest BCUT2D eigenvalue weighted by atomic mass is 16.1. The van der Waals surface area contributed by atoms with E-state index in [0.717, 1.165) is 6.42 Å². The Hall–Kier alpha value is -0.590. The summed E-state index contributed by atoms with van der Waals surface area (Å²) in [6.07, 6.45) is 8.37. The lowest BCUT2D eigenvalue weighted by molar-refractivity contribution is -0.112. The minimum atomic E-state index is 0.150. The van der Waals surface area contributed by atoms with Gasteiger partial charge in [0.1, 0.15) is 0 Å². The zero-order chi connectivity index (χ0) is 7.82. The van der Waals surface area contributed by atoms with Crippen LogP contribution in [-0.4, -0.2) is 5.78 Å². The lowest BCUT2D eigenvalue weighted by Crippen LogP contribution is -1.79. The Balaban J connectivity index is 3.10. The van der Waals surface area contributed by atoms with Gasteiger partial charge in [-0.15, -0.1) is 0 Å². The van der Waals surface area contributed by atoms with Crippen LogP contribution in [0.15, 0.2) is 12.2 Å². The minimum Gasteiger partial charge on any atom is -0.295 e. The van der Waals surface area contributed by atoms with E-state index in [1.807, 2.05) is 6.08 Å². The predicted molar refractivity (Wildman–Crippen MR) is 44.0 cm³/mol. The van der Waals surface area contributed by atoms with E-state index in [9.17, 15) is 4.79 Å². The first-order valence-electron chi connectivity index (χ1n) is 3.94. The van der Waals surface area contributed by atoms with Crippen molar-refractivity contribution in [2.45, 2.75) is 39.5 Å². The zero-order valence-corrected chi connectivity index (χ0v) is 6.89. The Labute approximate surface area is 63.1 Å². The third-order valence-corrected chi connectivity index (χ3v) is 1.33. The first-order valence-corrected chi connectivity index (χ1v) is 3.94. The number of rotatable bonds is 5. The van der Waals surface area contributed by atoms with Gasteiger partial charge in [-0.25, -0.2) is 0 Å². The van der Waals surface area contributed by atoms with Crippen molar-refractivity contribution in [3.8, 4) is 0 Å². The van der Waals surface area contributed by atoms with Gasteiger partial charge >= 0.3 is 0 Å². The summed E-state index contributed by atoms with van der Waals surface area (Å²) in [5.41, 5.74) is 0. The lowest BCUT2D eigenvalue weighted by atomic mass is 10.2. The van der Waals surface area contributed by atoms with Crippen LogP contribution in [0.4, 0.5) is 0 Å². The average molecular weight is 140 g/mol. The molecule has 0 aliphatic heterocycles. The van der Waals surface area contributed by atoms with E-state index >= 15 is 0 Å². The summed E-state index contributed by atoms with van der Waals surface area (Å²) < 4.78 is 0. The first-order chi connectivity index (χ1) is 4.77. The standard InChI is InChI=1S/C9H16O/c1-3-4-5-6-7-8-9(2)10/h7-8H,3-6H2,1-2H3. The van der Waals surface area contributed by atoms with Crippen molar-refractivity contribution in [2.24, 2.45) is 0 Å². The zero-order valence-electron chi connectivity index (χ0n) is 6.89. The van der Waals surface area contributed by atoms with E-state index in [-0.39, 0.29) is 5.78 Å². The van der Waals surface area contributed by atoms with Crippen LogP contribution < -0.4 is 0 Å². The molecule has 0 fully saturated rings. The molecule has 0 unspecified atom stereocenters. The lowest BCUT2D eigenvalue weighted by Gasteiger charge is -1.89. The molecule has 1 nitrogen and oxygen atoms in total. The van der Waals surface area contributed by atoms with Crippen molar-refractivity contribution in [3.63, 3.8) is 0 Å². The van der Waals surface area contributed by atoms with Crippen molar-refractivity contribution >= 4 is 5.78 Å². The summed E-state index contributed by atoms with van der Waals surface area (Å²) in [5.74, 6) is 0.150. The second kappa shape index (κ2) is 6.53. The monoisotopic (exact) mass is 140 g/mol. The Bertz CT molecular complexity index is 114. The molecule has 0 spiro atoms. The number of hydrogen-bond acceptors (Lipinski definition) is 1. The fourth-order valence-corrected chi connectivity index (χ4v) is 0.761. The molecule has 0 aromatic rings. The summed E-state index contributed by atoms with van der Waals surface area (Å²) >= 11 is 0. The van der Waals surface area contributed by atoms with E-state index in [1.54, 1.807) is 13.0 Å². The molecule has 0 aromatic heterocycles. The van der Waals surface area contributed by atoms with Gasteiger partial charge in [0.05, 0.1) is 0 Å². The Morgan fingerprint density at radius 3 is 2.60 bits per heavy atom. The van der Waals surface area contributed by atoms with E-state index < -0.39 is 0 Å². The van der Waals surface area contributed by atoms with Gasteiger partial charge in [0.2, 0.25) is 0 Å². The van der Waals surface area contributed by atoms with Crippen LogP contribution in [0.25, 0.3) is 0 Å². The summed E-state index contributed by atoms with van der Waals surface area (Å²) in [4.78, 5) is 10.4. The van der Waals surface area contributed by atoms with Crippen LogP contribution in [0.2, 0.25) is 0 Å². The Morgan fingerprint density at radius 1 is 1.40 bits per heavy atom. The van der Waals surface area contributed by atoms with Gasteiger partial charge in [0, 0.05) is 0 Å². The second-order valence-electron chi connectivity index (χ2n) is 2.51. The fourth-order valence-electron chi connectivity index (χ4n) is 0.761. The molecule has 0 rings (SSSR count). The van der Waals surface area contributed by atoms with E-state index in [0.29, 0.717) is 0 Å². The number of carbonyl (C=O) groups is 1. The SMILES string of the molecule is CCCCCC=CC(C)=O. The number of unbranched alkanes of at least 4 members (excludes halogenated alkanes) is 3. The molecule has 0 saturated carbocycles. The topological polar surface area (TPSA) is 17.1 Å². The number of allylic oxidation sites excluding steroid dienone is 2. The molecule has 0 radical (unpaired) electrons. The Kier molecular flexibility index (Phi) is 6.14. The number of ketones is 1. The van der Waals surface area contributed by atoms with Crippen molar-refractivity contribution in [1.29, 1.82) is 0 Å². The van der Waals surface area contributed by atoms with Gasteiger partial charge in [-0.3, -0.25) is 4.79 Å². The van der Waals surface area contributed by atoms with Crippen LogP contribution in [0.5, 0.6) is 0 Å². The van der Waals surface area contributed by atoms with Crippen molar-refractivity contribution in [3.05, 3.63) is 12.2 Å². The molecule has 0 amide bonds. The second-order valence-corrected chi connectivity index (χ2v) is 2.51. The molecule has 1 heteroatoms. The maximum Gasteiger partial charge on any atom is 0.152 e. The smallest absolute Gasteiger partial charge is 0.152 e. The summed E-state index contributed by atoms with van der Waals surface area (Å²) in [5, 5.41) is 0. The normalized spacial score (nSPS) is 10.6. The predicted octanol–water partition coefficient (Wildman–Crippen LogP) is 2.71. The molecular weight excluding hydrogens is 124 g/mol. The van der Waals surface area contributed by atoms with Crippen LogP contribution in [0.1, 0.15) is 39.5 Å². The van der Waals surface area contributed by atoms with E-state index in [4.69, 9.17) is 0 Å². The molecule has 0 aromatic carbocycles. The minimum absolute atomic E-state index is 0.150. The van der Waals surface area contributed by atoms with Gasteiger partial charge < -0.3 is 0 Å². The summed E-state index contributed by atoms with van der Waals surface area (Å²) in [6, 6.07) is 0. The van der Waals surface area contributed by atoms with Crippen LogP contribution >= 0.6 is 0 Å². The quantitative estimate of drug-likeness (QED) is 0.424. The first kappa shape index (κ1) is 9.41. The third-order valence-electron chi connectivity index (χ3n) is 1.33. The maximum atomic E-state index is 10.4. The fraction of sp³-hybridized carbons (Fsp3) is 0.667. The average Bonchev–Trinajstić information content (AvgIpc) is 1.87. The van der Waals surface area contributed by atoms with Crippen LogP contribution in [0.3, 0.4) is 0 Å². The molecule has 10 heavy (non-hydrogen) atoms. The molecular formula is C9H16O. The van der Waals surface area contributed by atoms with Crippen molar-refractivity contribution in [2.75, 3.05) is 0 Å². The highest BCUT2D eigenvalue weighted by Gasteiger charge is 1.83. The highest BCUT2D eigenvalue weighted by Crippen LogP contribution is 1.99. The van der Waals surface area contributed by atoms with Crippen molar-refractivity contribution in [1.82, 2.24) is 0 Å². The third kappa shape index (κ3) is 7.41. The molecule has 0 bridgehead atoms. The number of hydrogen-bond donors (Lipinski definition) is 0. The number of carbonyl (C=O) groups excluding carboxylic acids is 1. The van der Waals surface area contributed by atoms with Gasteiger partial charge in [-0.2, -0.15) is 0 Å². The van der Waals surface area contributed by atoms with Gasteiger partial charge in [-0.05, 0) is 25.8 Å². The summed E-state index contributed by atoms with van der Waals surface area (Å²) in [6.45, 7) is 3.75. The van der Waals surface area contributed by atoms with Crippen LogP contribution in [-0.2, 0) is 4.79 Å². The molecule has 0 heterocycles. The van der Waals surface area contributed by atoms with Gasteiger partial charge in [-0.1, -0.05) is 25.8 Å². The molecule has 0 aliphatic rings. The highest BCUT2D eigenvalue weighted by molar-refractivity contribution is 5.87. The van der Waals surface area contributed by atoms with Gasteiger partial charge in [0.25, 0.3) is 0 Å². The molecule has 58 valence electrons.